The minimum absolute atomic E-state index is 0.137. The number of imide groups is 1. The normalized spacial score (nSPS) is 18.2. The summed E-state index contributed by atoms with van der Waals surface area (Å²) in [7, 11) is 0. The highest BCUT2D eigenvalue weighted by molar-refractivity contribution is 6.35. The lowest BCUT2D eigenvalue weighted by atomic mass is 10.1. The number of halogens is 2. The number of carbonyl (C=O) groups excluding carboxylic acids is 2. The zero-order valence-corrected chi connectivity index (χ0v) is 17.4. The number of benzene rings is 2. The van der Waals surface area contributed by atoms with Gasteiger partial charge in [0.15, 0.2) is 0 Å². The summed E-state index contributed by atoms with van der Waals surface area (Å²) in [4.78, 5) is 29.3. The number of likely N-dealkylation sites (tertiary alicyclic amines) is 1. The molecule has 3 heterocycles. The molecular weight excluding hydrogens is 414 g/mol. The number of alkyl halides is 2. The van der Waals surface area contributed by atoms with Crippen molar-refractivity contribution >= 4 is 17.5 Å². The molecule has 8 heteroatoms. The third-order valence-electron chi connectivity index (χ3n) is 6.06. The van der Waals surface area contributed by atoms with E-state index in [-0.39, 0.29) is 24.7 Å². The summed E-state index contributed by atoms with van der Waals surface area (Å²) in [5.41, 5.74) is 2.49. The smallest absolute Gasteiger partial charge is 0.266 e. The molecule has 2 aromatic carbocycles. The van der Waals surface area contributed by atoms with E-state index in [1.165, 1.54) is 4.90 Å². The molecule has 0 unspecified atom stereocenters. The fourth-order valence-corrected chi connectivity index (χ4v) is 4.25. The molecule has 2 aliphatic heterocycles. The van der Waals surface area contributed by atoms with Crippen molar-refractivity contribution in [2.24, 2.45) is 0 Å². The monoisotopic (exact) mass is 436 g/mol. The van der Waals surface area contributed by atoms with Crippen molar-refractivity contribution in [1.29, 1.82) is 0 Å². The van der Waals surface area contributed by atoms with Crippen molar-refractivity contribution in [2.75, 3.05) is 24.5 Å². The van der Waals surface area contributed by atoms with Crippen molar-refractivity contribution in [3.05, 3.63) is 71.9 Å². The van der Waals surface area contributed by atoms with Crippen LogP contribution in [-0.4, -0.2) is 52.1 Å². The Hall–Kier alpha value is -3.39. The summed E-state index contributed by atoms with van der Waals surface area (Å²) in [5.74, 6) is -3.33. The lowest BCUT2D eigenvalue weighted by Crippen LogP contribution is -2.40. The van der Waals surface area contributed by atoms with Crippen LogP contribution in [0.15, 0.2) is 60.8 Å². The van der Waals surface area contributed by atoms with Crippen molar-refractivity contribution in [1.82, 2.24) is 14.7 Å². The van der Waals surface area contributed by atoms with Crippen LogP contribution in [0, 0.1) is 0 Å². The molecule has 2 amide bonds. The standard InChI is InChI=1S/C24H22F2N4O2/c25-24(26)10-12-28(13-11-24)14-15-29-16-20(21(27-29)17-6-2-1-3-7-17)30-22(31)18-8-4-5-9-19(18)23(30)32/h1-9,16H,10-15H2. The Labute approximate surface area is 184 Å². The van der Waals surface area contributed by atoms with Gasteiger partial charge in [-0.05, 0) is 12.1 Å². The van der Waals surface area contributed by atoms with Crippen LogP contribution in [0.25, 0.3) is 11.3 Å². The Kier molecular flexibility index (Phi) is 5.09. The van der Waals surface area contributed by atoms with E-state index >= 15 is 0 Å². The predicted molar refractivity (Wildman–Crippen MR) is 116 cm³/mol. The molecule has 32 heavy (non-hydrogen) atoms. The molecule has 6 nitrogen and oxygen atoms in total. The molecule has 0 atom stereocenters. The lowest BCUT2D eigenvalue weighted by Gasteiger charge is -2.31. The highest BCUT2D eigenvalue weighted by Gasteiger charge is 2.39. The molecule has 2 aliphatic rings. The molecule has 0 spiro atoms. The van der Waals surface area contributed by atoms with Gasteiger partial charge >= 0.3 is 0 Å². The van der Waals surface area contributed by atoms with Crippen LogP contribution in [0.1, 0.15) is 33.6 Å². The van der Waals surface area contributed by atoms with Crippen LogP contribution >= 0.6 is 0 Å². The fourth-order valence-electron chi connectivity index (χ4n) is 4.25. The van der Waals surface area contributed by atoms with Crippen molar-refractivity contribution in [2.45, 2.75) is 25.3 Å². The number of hydrogen-bond acceptors (Lipinski definition) is 4. The van der Waals surface area contributed by atoms with Crippen LogP contribution < -0.4 is 4.90 Å². The molecule has 1 saturated heterocycles. The number of piperidine rings is 1. The molecule has 0 saturated carbocycles. The SMILES string of the molecule is O=C1c2ccccc2C(=O)N1c1cn(CCN2CCC(F)(F)CC2)nc1-c1ccccc1. The van der Waals surface area contributed by atoms with Gasteiger partial charge in [0.1, 0.15) is 5.69 Å². The fraction of sp³-hybridized carbons (Fsp3) is 0.292. The average molecular weight is 436 g/mol. The summed E-state index contributed by atoms with van der Waals surface area (Å²) in [6.07, 6.45) is 1.42. The van der Waals surface area contributed by atoms with Crippen molar-refractivity contribution in [3.63, 3.8) is 0 Å². The number of hydrogen-bond donors (Lipinski definition) is 0. The van der Waals surface area contributed by atoms with Crippen LogP contribution in [-0.2, 0) is 6.54 Å². The maximum atomic E-state index is 13.4. The molecule has 1 aromatic heterocycles. The second-order valence-corrected chi connectivity index (χ2v) is 8.18. The Bertz CT molecular complexity index is 1130. The molecule has 0 aliphatic carbocycles. The molecular formula is C24H22F2N4O2. The minimum atomic E-state index is -2.58. The molecule has 5 rings (SSSR count). The van der Waals surface area contributed by atoms with Gasteiger partial charge in [0.2, 0.25) is 0 Å². The zero-order chi connectivity index (χ0) is 22.3. The number of carbonyl (C=O) groups is 2. The number of aromatic nitrogens is 2. The van der Waals surface area contributed by atoms with Gasteiger partial charge in [0.25, 0.3) is 17.7 Å². The first-order valence-corrected chi connectivity index (χ1v) is 10.6. The van der Waals surface area contributed by atoms with Crippen LogP contribution in [0.4, 0.5) is 14.5 Å². The predicted octanol–water partition coefficient (Wildman–Crippen LogP) is 4.08. The van der Waals surface area contributed by atoms with E-state index in [0.717, 1.165) is 5.56 Å². The maximum Gasteiger partial charge on any atom is 0.266 e. The molecule has 0 N–H and O–H groups in total. The number of amides is 2. The van der Waals surface area contributed by atoms with E-state index in [2.05, 4.69) is 5.10 Å². The highest BCUT2D eigenvalue weighted by atomic mass is 19.3. The largest absolute Gasteiger partial charge is 0.301 e. The minimum Gasteiger partial charge on any atom is -0.301 e. The van der Waals surface area contributed by atoms with Crippen LogP contribution in [0.3, 0.4) is 0 Å². The topological polar surface area (TPSA) is 58.4 Å². The second kappa shape index (κ2) is 7.94. The van der Waals surface area contributed by atoms with Gasteiger partial charge < -0.3 is 4.90 Å². The van der Waals surface area contributed by atoms with Crippen LogP contribution in [0.5, 0.6) is 0 Å². The van der Waals surface area contributed by atoms with Gasteiger partial charge in [-0.25, -0.2) is 13.7 Å². The Morgan fingerprint density at radius 1 is 0.844 bits per heavy atom. The molecule has 0 radical (unpaired) electrons. The van der Waals surface area contributed by atoms with Gasteiger partial charge in [-0.15, -0.1) is 0 Å². The number of rotatable bonds is 5. The molecule has 164 valence electrons. The first-order chi connectivity index (χ1) is 15.4. The molecule has 1 fully saturated rings. The van der Waals surface area contributed by atoms with Gasteiger partial charge in [-0.3, -0.25) is 14.3 Å². The Morgan fingerprint density at radius 3 is 2.06 bits per heavy atom. The average Bonchev–Trinajstić information content (AvgIpc) is 3.32. The number of fused-ring (bicyclic) bond motifs is 1. The molecule has 0 bridgehead atoms. The van der Waals surface area contributed by atoms with Gasteiger partial charge in [-0.1, -0.05) is 42.5 Å². The summed E-state index contributed by atoms with van der Waals surface area (Å²) in [6, 6.07) is 16.1. The van der Waals surface area contributed by atoms with Gasteiger partial charge in [-0.2, -0.15) is 5.10 Å². The third-order valence-corrected chi connectivity index (χ3v) is 6.06. The van der Waals surface area contributed by atoms with E-state index in [4.69, 9.17) is 0 Å². The Balaban J connectivity index is 1.44. The van der Waals surface area contributed by atoms with E-state index in [9.17, 15) is 18.4 Å². The number of anilines is 1. The summed E-state index contributed by atoms with van der Waals surface area (Å²) in [6.45, 7) is 1.71. The lowest BCUT2D eigenvalue weighted by molar-refractivity contribution is -0.0555. The number of nitrogens with zero attached hydrogens (tertiary/aromatic N) is 4. The van der Waals surface area contributed by atoms with E-state index in [1.54, 1.807) is 35.1 Å². The van der Waals surface area contributed by atoms with Crippen LogP contribution in [0.2, 0.25) is 0 Å². The first kappa shape index (κ1) is 20.5. The first-order valence-electron chi connectivity index (χ1n) is 10.6. The van der Waals surface area contributed by atoms with Crippen molar-refractivity contribution < 1.29 is 18.4 Å². The summed E-state index contributed by atoms with van der Waals surface area (Å²) in [5, 5.41) is 4.67. The Morgan fingerprint density at radius 2 is 1.44 bits per heavy atom. The molecule has 3 aromatic rings. The summed E-state index contributed by atoms with van der Waals surface area (Å²) >= 11 is 0. The zero-order valence-electron chi connectivity index (χ0n) is 17.4. The summed E-state index contributed by atoms with van der Waals surface area (Å²) < 4.78 is 28.5. The van der Waals surface area contributed by atoms with E-state index in [0.29, 0.717) is 48.7 Å². The van der Waals surface area contributed by atoms with Gasteiger partial charge in [0, 0.05) is 44.2 Å². The van der Waals surface area contributed by atoms with Gasteiger partial charge in [0.05, 0.1) is 23.4 Å². The second-order valence-electron chi connectivity index (χ2n) is 8.18. The van der Waals surface area contributed by atoms with E-state index < -0.39 is 5.92 Å². The van der Waals surface area contributed by atoms with Crippen molar-refractivity contribution in [3.8, 4) is 11.3 Å². The maximum absolute atomic E-state index is 13.4. The quantitative estimate of drug-likeness (QED) is 0.566. The highest BCUT2D eigenvalue weighted by Crippen LogP contribution is 2.35. The van der Waals surface area contributed by atoms with E-state index in [1.807, 2.05) is 35.2 Å². The third kappa shape index (κ3) is 3.71.